The van der Waals surface area contributed by atoms with Crippen LogP contribution in [-0.2, 0) is 0 Å². The highest BCUT2D eigenvalue weighted by Crippen LogP contribution is 2.27. The molecule has 0 aromatic carbocycles. The maximum Gasteiger partial charge on any atom is 0.0107 e. The molecule has 0 bridgehead atoms. The largest absolute Gasteiger partial charge is 0.314 e. The van der Waals surface area contributed by atoms with Crippen LogP contribution in [0.5, 0.6) is 0 Å². The third kappa shape index (κ3) is 4.24. The lowest BCUT2D eigenvalue weighted by Gasteiger charge is -2.28. The summed E-state index contributed by atoms with van der Waals surface area (Å²) in [5.41, 5.74) is 0. The molecule has 0 spiro atoms. The molecule has 2 nitrogen and oxygen atoms in total. The molecule has 2 rings (SSSR count). The summed E-state index contributed by atoms with van der Waals surface area (Å²) in [5.74, 6) is 1.87. The second-order valence-corrected chi connectivity index (χ2v) is 6.59. The van der Waals surface area contributed by atoms with Crippen molar-refractivity contribution in [1.29, 1.82) is 0 Å². The Kier molecular flexibility index (Phi) is 5.97. The highest BCUT2D eigenvalue weighted by atomic mass is 15.1. The molecule has 0 radical (unpaired) electrons. The third-order valence-electron chi connectivity index (χ3n) is 4.92. The Hall–Kier alpha value is -0.0800. The van der Waals surface area contributed by atoms with Gasteiger partial charge in [-0.15, -0.1) is 0 Å². The van der Waals surface area contributed by atoms with Gasteiger partial charge < -0.3 is 10.2 Å². The van der Waals surface area contributed by atoms with Crippen LogP contribution < -0.4 is 5.32 Å². The average Bonchev–Trinajstić information content (AvgIpc) is 2.70. The molecule has 3 unspecified atom stereocenters. The van der Waals surface area contributed by atoms with Crippen molar-refractivity contribution in [1.82, 2.24) is 10.2 Å². The van der Waals surface area contributed by atoms with Gasteiger partial charge in [0.25, 0.3) is 0 Å². The van der Waals surface area contributed by atoms with Crippen LogP contribution in [0.4, 0.5) is 0 Å². The Morgan fingerprint density at radius 3 is 2.78 bits per heavy atom. The summed E-state index contributed by atoms with van der Waals surface area (Å²) in [6.07, 6.45) is 9.85. The van der Waals surface area contributed by atoms with Crippen LogP contribution in [-0.4, -0.2) is 37.1 Å². The Bertz CT molecular complexity index is 229. The predicted molar refractivity (Wildman–Crippen MR) is 78.9 cm³/mol. The fraction of sp³-hybridized carbons (Fsp3) is 1.00. The zero-order valence-corrected chi connectivity index (χ0v) is 12.5. The second-order valence-electron chi connectivity index (χ2n) is 6.59. The van der Waals surface area contributed by atoms with Crippen molar-refractivity contribution in [2.75, 3.05) is 26.2 Å². The van der Waals surface area contributed by atoms with E-state index in [0.29, 0.717) is 0 Å². The molecular weight excluding hydrogens is 220 g/mol. The lowest BCUT2D eigenvalue weighted by molar-refractivity contribution is 0.218. The number of likely N-dealkylation sites (tertiary alicyclic amines) is 1. The van der Waals surface area contributed by atoms with E-state index in [9.17, 15) is 0 Å². The topological polar surface area (TPSA) is 15.3 Å². The van der Waals surface area contributed by atoms with Gasteiger partial charge in [0, 0.05) is 12.6 Å². The van der Waals surface area contributed by atoms with Gasteiger partial charge in [0.1, 0.15) is 0 Å². The van der Waals surface area contributed by atoms with Gasteiger partial charge in [0.2, 0.25) is 0 Å². The molecule has 1 heterocycles. The summed E-state index contributed by atoms with van der Waals surface area (Å²) in [4.78, 5) is 2.75. The summed E-state index contributed by atoms with van der Waals surface area (Å²) in [7, 11) is 0. The first kappa shape index (κ1) is 14.3. The Labute approximate surface area is 114 Å². The van der Waals surface area contributed by atoms with Gasteiger partial charge in [-0.2, -0.15) is 0 Å². The number of nitrogens with zero attached hydrogens (tertiary/aromatic N) is 1. The molecular formula is C16H32N2. The molecule has 2 heteroatoms. The smallest absolute Gasteiger partial charge is 0.0107 e. The first-order valence-corrected chi connectivity index (χ1v) is 8.25. The van der Waals surface area contributed by atoms with Crippen LogP contribution in [0.2, 0.25) is 0 Å². The van der Waals surface area contributed by atoms with Crippen molar-refractivity contribution < 1.29 is 0 Å². The van der Waals surface area contributed by atoms with Crippen molar-refractivity contribution in [3.8, 4) is 0 Å². The molecule has 1 saturated heterocycles. The maximum absolute atomic E-state index is 3.77. The van der Waals surface area contributed by atoms with E-state index in [2.05, 4.69) is 24.1 Å². The molecule has 2 fully saturated rings. The van der Waals surface area contributed by atoms with Crippen molar-refractivity contribution in [2.24, 2.45) is 11.8 Å². The summed E-state index contributed by atoms with van der Waals surface area (Å²) in [5, 5.41) is 3.77. The van der Waals surface area contributed by atoms with E-state index in [4.69, 9.17) is 0 Å². The zero-order valence-electron chi connectivity index (χ0n) is 12.5. The molecule has 0 aromatic rings. The molecule has 3 atom stereocenters. The van der Waals surface area contributed by atoms with Crippen molar-refractivity contribution >= 4 is 0 Å². The Morgan fingerprint density at radius 2 is 1.94 bits per heavy atom. The molecule has 0 amide bonds. The van der Waals surface area contributed by atoms with Crippen LogP contribution in [0.25, 0.3) is 0 Å². The van der Waals surface area contributed by atoms with Gasteiger partial charge in [-0.3, -0.25) is 0 Å². The highest BCUT2D eigenvalue weighted by Gasteiger charge is 2.28. The molecule has 1 N–H and O–H groups in total. The fourth-order valence-electron chi connectivity index (χ4n) is 3.69. The van der Waals surface area contributed by atoms with Crippen LogP contribution in [0.15, 0.2) is 0 Å². The van der Waals surface area contributed by atoms with E-state index < -0.39 is 0 Å². The van der Waals surface area contributed by atoms with Gasteiger partial charge in [-0.05, 0) is 70.0 Å². The molecule has 1 saturated carbocycles. The summed E-state index contributed by atoms with van der Waals surface area (Å²) in [6, 6.07) is 0.811. The number of hydrogen-bond donors (Lipinski definition) is 1. The van der Waals surface area contributed by atoms with E-state index in [1.54, 1.807) is 0 Å². The van der Waals surface area contributed by atoms with E-state index in [0.717, 1.165) is 17.9 Å². The van der Waals surface area contributed by atoms with Crippen LogP contribution in [0.3, 0.4) is 0 Å². The zero-order chi connectivity index (χ0) is 12.8. The van der Waals surface area contributed by atoms with Crippen molar-refractivity contribution in [3.05, 3.63) is 0 Å². The van der Waals surface area contributed by atoms with Crippen molar-refractivity contribution in [3.63, 3.8) is 0 Å². The first-order valence-electron chi connectivity index (χ1n) is 8.25. The van der Waals surface area contributed by atoms with E-state index in [1.165, 1.54) is 71.1 Å². The molecule has 1 aliphatic carbocycles. The quantitative estimate of drug-likeness (QED) is 0.808. The van der Waals surface area contributed by atoms with Crippen LogP contribution in [0.1, 0.15) is 58.8 Å². The fourth-order valence-corrected chi connectivity index (χ4v) is 3.69. The molecule has 2 aliphatic rings. The Morgan fingerprint density at radius 1 is 1.06 bits per heavy atom. The molecule has 0 aromatic heterocycles. The van der Waals surface area contributed by atoms with Crippen molar-refractivity contribution in [2.45, 2.75) is 64.8 Å². The van der Waals surface area contributed by atoms with Crippen LogP contribution in [0, 0.1) is 11.8 Å². The Balaban J connectivity index is 1.76. The van der Waals surface area contributed by atoms with Gasteiger partial charge in [-0.25, -0.2) is 0 Å². The number of hydrogen-bond acceptors (Lipinski definition) is 2. The molecule has 1 aliphatic heterocycles. The minimum Gasteiger partial charge on any atom is -0.314 e. The summed E-state index contributed by atoms with van der Waals surface area (Å²) in [6.45, 7) is 9.95. The maximum atomic E-state index is 3.77. The van der Waals surface area contributed by atoms with Gasteiger partial charge in [0.15, 0.2) is 0 Å². The summed E-state index contributed by atoms with van der Waals surface area (Å²) >= 11 is 0. The first-order chi connectivity index (χ1) is 8.79. The molecule has 106 valence electrons. The van der Waals surface area contributed by atoms with E-state index >= 15 is 0 Å². The lowest BCUT2D eigenvalue weighted by atomic mass is 10.0. The monoisotopic (exact) mass is 252 g/mol. The second kappa shape index (κ2) is 7.49. The highest BCUT2D eigenvalue weighted by molar-refractivity contribution is 4.85. The number of rotatable bonds is 5. The van der Waals surface area contributed by atoms with Crippen LogP contribution >= 0.6 is 0 Å². The lowest BCUT2D eigenvalue weighted by Crippen LogP contribution is -2.40. The number of nitrogens with one attached hydrogen (secondary N) is 1. The summed E-state index contributed by atoms with van der Waals surface area (Å²) < 4.78 is 0. The normalized spacial score (nSPS) is 34.7. The SMILES string of the molecule is CCCNC1CCCC1CN1CCCC(C)CC1. The minimum atomic E-state index is 0.811. The average molecular weight is 252 g/mol. The van der Waals surface area contributed by atoms with Gasteiger partial charge in [0.05, 0.1) is 0 Å². The minimum absolute atomic E-state index is 0.811. The van der Waals surface area contributed by atoms with E-state index in [1.807, 2.05) is 0 Å². The van der Waals surface area contributed by atoms with E-state index in [-0.39, 0.29) is 0 Å². The standard InChI is InChI=1S/C16H32N2/c1-3-10-17-16-8-4-7-15(16)13-18-11-5-6-14(2)9-12-18/h14-17H,3-13H2,1-2H3. The predicted octanol–water partition coefficient (Wildman–Crippen LogP) is 3.28. The molecule has 18 heavy (non-hydrogen) atoms. The third-order valence-corrected chi connectivity index (χ3v) is 4.92. The van der Waals surface area contributed by atoms with Gasteiger partial charge in [-0.1, -0.05) is 20.3 Å². The van der Waals surface area contributed by atoms with Gasteiger partial charge >= 0.3 is 0 Å².